The van der Waals surface area contributed by atoms with Crippen LogP contribution in [0.25, 0.3) is 0 Å². The highest BCUT2D eigenvalue weighted by atomic mass is 79.9. The largest absolute Gasteiger partial charge is 0.481 e. The second-order valence-corrected chi connectivity index (χ2v) is 5.43. The Hall–Kier alpha value is -1.26. The van der Waals surface area contributed by atoms with Gasteiger partial charge in [0.25, 0.3) is 0 Å². The molecule has 2 aromatic rings. The molecule has 0 radical (unpaired) electrons. The summed E-state index contributed by atoms with van der Waals surface area (Å²) < 4.78 is 12.6. The van der Waals surface area contributed by atoms with Crippen LogP contribution in [0.2, 0.25) is 0 Å². The van der Waals surface area contributed by atoms with Crippen LogP contribution in [0.5, 0.6) is 5.75 Å². The fourth-order valence-corrected chi connectivity index (χ4v) is 2.24. The van der Waals surface area contributed by atoms with E-state index in [4.69, 9.17) is 14.9 Å². The third kappa shape index (κ3) is 3.61. The molecular weight excluding hydrogens is 306 g/mol. The van der Waals surface area contributed by atoms with Gasteiger partial charge in [-0.05, 0) is 43.7 Å². The minimum Gasteiger partial charge on any atom is -0.481 e. The van der Waals surface area contributed by atoms with Crippen LogP contribution in [0.15, 0.2) is 45.3 Å². The lowest BCUT2D eigenvalue weighted by molar-refractivity contribution is 0.143. The standard InChI is InChI=1S/C15H18BrNO2/c1-3-13(17)15(14-8-7-10(2)18-14)19-12-6-4-5-11(16)9-12/h4-9,13,15H,3,17H2,1-2H3. The SMILES string of the molecule is CCC(N)C(Oc1cccc(Br)c1)c1ccc(C)o1. The van der Waals surface area contributed by atoms with Gasteiger partial charge in [0.15, 0.2) is 6.10 Å². The van der Waals surface area contributed by atoms with E-state index < -0.39 is 0 Å². The van der Waals surface area contributed by atoms with Gasteiger partial charge >= 0.3 is 0 Å². The summed E-state index contributed by atoms with van der Waals surface area (Å²) in [5.74, 6) is 2.41. The first kappa shape index (κ1) is 14.2. The van der Waals surface area contributed by atoms with E-state index in [1.54, 1.807) is 0 Å². The molecule has 0 amide bonds. The Morgan fingerprint density at radius 2 is 2.11 bits per heavy atom. The molecule has 2 N–H and O–H groups in total. The average Bonchev–Trinajstić information content (AvgIpc) is 2.81. The Morgan fingerprint density at radius 1 is 1.32 bits per heavy atom. The number of aryl methyl sites for hydroxylation is 1. The molecule has 1 heterocycles. The van der Waals surface area contributed by atoms with E-state index in [1.165, 1.54) is 0 Å². The molecule has 2 unspecified atom stereocenters. The number of benzene rings is 1. The monoisotopic (exact) mass is 323 g/mol. The van der Waals surface area contributed by atoms with Crippen molar-refractivity contribution in [2.75, 3.05) is 0 Å². The van der Waals surface area contributed by atoms with Gasteiger partial charge in [0, 0.05) is 10.5 Å². The Kier molecular flexibility index (Phi) is 4.66. The molecule has 3 nitrogen and oxygen atoms in total. The summed E-state index contributed by atoms with van der Waals surface area (Å²) in [4.78, 5) is 0. The molecule has 0 aliphatic rings. The van der Waals surface area contributed by atoms with E-state index in [2.05, 4.69) is 15.9 Å². The predicted octanol–water partition coefficient (Wildman–Crippen LogP) is 4.21. The van der Waals surface area contributed by atoms with Crippen LogP contribution < -0.4 is 10.5 Å². The smallest absolute Gasteiger partial charge is 0.171 e. The molecule has 4 heteroatoms. The van der Waals surface area contributed by atoms with E-state index >= 15 is 0 Å². The normalized spacial score (nSPS) is 14.1. The zero-order chi connectivity index (χ0) is 13.8. The number of nitrogens with two attached hydrogens (primary N) is 1. The molecule has 0 saturated heterocycles. The van der Waals surface area contributed by atoms with Crippen LogP contribution in [0.1, 0.15) is 31.0 Å². The van der Waals surface area contributed by atoms with Crippen LogP contribution in [0.3, 0.4) is 0 Å². The van der Waals surface area contributed by atoms with Crippen LogP contribution in [0, 0.1) is 6.92 Å². The average molecular weight is 324 g/mol. The zero-order valence-corrected chi connectivity index (χ0v) is 12.7. The summed E-state index contributed by atoms with van der Waals surface area (Å²) in [5, 5.41) is 0. The molecule has 1 aromatic heterocycles. The Balaban J connectivity index is 2.24. The van der Waals surface area contributed by atoms with Gasteiger partial charge < -0.3 is 14.9 Å². The van der Waals surface area contributed by atoms with Crippen LogP contribution in [0.4, 0.5) is 0 Å². The summed E-state index contributed by atoms with van der Waals surface area (Å²) >= 11 is 3.43. The Bertz CT molecular complexity index is 538. The third-order valence-corrected chi connectivity index (χ3v) is 3.45. The van der Waals surface area contributed by atoms with Crippen molar-refractivity contribution < 1.29 is 9.15 Å². The van der Waals surface area contributed by atoms with E-state index in [9.17, 15) is 0 Å². The highest BCUT2D eigenvalue weighted by Gasteiger charge is 2.23. The number of rotatable bonds is 5. The maximum Gasteiger partial charge on any atom is 0.171 e. The van der Waals surface area contributed by atoms with Gasteiger partial charge in [-0.3, -0.25) is 0 Å². The number of hydrogen-bond acceptors (Lipinski definition) is 3. The summed E-state index contributed by atoms with van der Waals surface area (Å²) in [7, 11) is 0. The lowest BCUT2D eigenvalue weighted by Gasteiger charge is -2.22. The first-order valence-corrected chi connectivity index (χ1v) is 7.13. The van der Waals surface area contributed by atoms with Crippen molar-refractivity contribution in [3.8, 4) is 5.75 Å². The van der Waals surface area contributed by atoms with Gasteiger partial charge in [-0.25, -0.2) is 0 Å². The number of ether oxygens (including phenoxy) is 1. The van der Waals surface area contributed by atoms with Crippen molar-refractivity contribution in [2.24, 2.45) is 5.73 Å². The summed E-state index contributed by atoms with van der Waals surface area (Å²) in [6.07, 6.45) is 0.548. The van der Waals surface area contributed by atoms with E-state index in [0.717, 1.165) is 28.2 Å². The highest BCUT2D eigenvalue weighted by molar-refractivity contribution is 9.10. The first-order valence-electron chi connectivity index (χ1n) is 6.34. The maximum absolute atomic E-state index is 6.15. The Morgan fingerprint density at radius 3 is 2.68 bits per heavy atom. The number of halogens is 1. The van der Waals surface area contributed by atoms with Crippen molar-refractivity contribution in [2.45, 2.75) is 32.4 Å². The fourth-order valence-electron chi connectivity index (χ4n) is 1.86. The minimum atomic E-state index is -0.270. The van der Waals surface area contributed by atoms with E-state index in [-0.39, 0.29) is 12.1 Å². The van der Waals surface area contributed by atoms with Gasteiger partial charge in [0.1, 0.15) is 17.3 Å². The molecule has 102 valence electrons. The maximum atomic E-state index is 6.15. The first-order chi connectivity index (χ1) is 9.10. The minimum absolute atomic E-state index is 0.107. The molecule has 1 aromatic carbocycles. The van der Waals surface area contributed by atoms with Crippen LogP contribution >= 0.6 is 15.9 Å². The van der Waals surface area contributed by atoms with E-state index in [0.29, 0.717) is 0 Å². The van der Waals surface area contributed by atoms with E-state index in [1.807, 2.05) is 50.2 Å². The molecule has 0 spiro atoms. The molecule has 19 heavy (non-hydrogen) atoms. The third-order valence-electron chi connectivity index (χ3n) is 2.96. The molecule has 0 aliphatic heterocycles. The van der Waals surface area contributed by atoms with Crippen LogP contribution in [-0.4, -0.2) is 6.04 Å². The van der Waals surface area contributed by atoms with Gasteiger partial charge in [0.2, 0.25) is 0 Å². The predicted molar refractivity (Wildman–Crippen MR) is 79.2 cm³/mol. The lowest BCUT2D eigenvalue weighted by atomic mass is 10.1. The molecule has 0 aliphatic carbocycles. The summed E-state index contributed by atoms with van der Waals surface area (Å²) in [5.41, 5.74) is 6.15. The van der Waals surface area contributed by atoms with Crippen molar-refractivity contribution in [3.63, 3.8) is 0 Å². The molecule has 2 atom stereocenters. The molecule has 2 rings (SSSR count). The Labute approximate surface area is 121 Å². The molecule has 0 bridgehead atoms. The molecule has 0 saturated carbocycles. The van der Waals surface area contributed by atoms with Gasteiger partial charge in [-0.2, -0.15) is 0 Å². The fraction of sp³-hybridized carbons (Fsp3) is 0.333. The molecular formula is C15H18BrNO2. The van der Waals surface area contributed by atoms with Gasteiger partial charge in [-0.15, -0.1) is 0 Å². The van der Waals surface area contributed by atoms with Crippen molar-refractivity contribution >= 4 is 15.9 Å². The molecule has 0 fully saturated rings. The highest BCUT2D eigenvalue weighted by Crippen LogP contribution is 2.28. The van der Waals surface area contributed by atoms with Crippen LogP contribution in [-0.2, 0) is 0 Å². The van der Waals surface area contributed by atoms with Crippen molar-refractivity contribution in [3.05, 3.63) is 52.4 Å². The topological polar surface area (TPSA) is 48.4 Å². The van der Waals surface area contributed by atoms with Gasteiger partial charge in [-0.1, -0.05) is 28.9 Å². The number of hydrogen-bond donors (Lipinski definition) is 1. The second-order valence-electron chi connectivity index (χ2n) is 4.52. The van der Waals surface area contributed by atoms with Crippen molar-refractivity contribution in [1.29, 1.82) is 0 Å². The van der Waals surface area contributed by atoms with Gasteiger partial charge in [0.05, 0.1) is 0 Å². The number of furan rings is 1. The summed E-state index contributed by atoms with van der Waals surface area (Å²) in [6.45, 7) is 3.95. The quantitative estimate of drug-likeness (QED) is 0.896. The summed E-state index contributed by atoms with van der Waals surface area (Å²) in [6, 6.07) is 11.5. The second kappa shape index (κ2) is 6.26. The van der Waals surface area contributed by atoms with Crippen molar-refractivity contribution in [1.82, 2.24) is 0 Å². The lowest BCUT2D eigenvalue weighted by Crippen LogP contribution is -2.31. The zero-order valence-electron chi connectivity index (χ0n) is 11.1.